The molecule has 0 aliphatic carbocycles. The summed E-state index contributed by atoms with van der Waals surface area (Å²) in [5.41, 5.74) is 2.92. The zero-order valence-electron chi connectivity index (χ0n) is 22.6. The fourth-order valence-electron chi connectivity index (χ4n) is 4.24. The van der Waals surface area contributed by atoms with Gasteiger partial charge in [-0.3, -0.25) is 13.9 Å². The Balaban J connectivity index is 2.02. The van der Waals surface area contributed by atoms with E-state index in [1.165, 1.54) is 4.90 Å². The first-order valence-electron chi connectivity index (χ1n) is 13.0. The molecule has 3 rings (SSSR count). The molecule has 3 aromatic rings. The Kier molecular flexibility index (Phi) is 10.9. The number of benzene rings is 3. The molecular weight excluding hydrogens is 534 g/mol. The highest BCUT2D eigenvalue weighted by Crippen LogP contribution is 2.22. The predicted molar refractivity (Wildman–Crippen MR) is 157 cm³/mol. The second-order valence-corrected chi connectivity index (χ2v) is 12.0. The summed E-state index contributed by atoms with van der Waals surface area (Å²) >= 11 is 6.08. The molecule has 0 fully saturated rings. The largest absolute Gasteiger partial charge is 0.354 e. The molecule has 208 valence electrons. The van der Waals surface area contributed by atoms with Gasteiger partial charge in [0.15, 0.2) is 0 Å². The van der Waals surface area contributed by atoms with Crippen LogP contribution in [0.3, 0.4) is 0 Å². The SMILES string of the molecule is CCCCNC(=O)[C@H](Cc1ccccc1)N(Cc1ccc(Cl)cc1)C(=O)CN(c1cccc(C)c1)S(C)(=O)=O. The van der Waals surface area contributed by atoms with E-state index in [0.717, 1.165) is 40.1 Å². The van der Waals surface area contributed by atoms with Crippen LogP contribution in [0.25, 0.3) is 0 Å². The number of sulfonamides is 1. The molecular formula is C30H36ClN3O4S. The van der Waals surface area contributed by atoms with Gasteiger partial charge in [0.1, 0.15) is 12.6 Å². The molecule has 0 radical (unpaired) electrons. The van der Waals surface area contributed by atoms with Crippen LogP contribution in [0.5, 0.6) is 0 Å². The van der Waals surface area contributed by atoms with E-state index in [2.05, 4.69) is 5.32 Å². The number of hydrogen-bond donors (Lipinski definition) is 1. The Bertz CT molecular complexity index is 1350. The van der Waals surface area contributed by atoms with Crippen molar-refractivity contribution in [2.24, 2.45) is 0 Å². The van der Waals surface area contributed by atoms with E-state index in [1.54, 1.807) is 42.5 Å². The minimum atomic E-state index is -3.80. The van der Waals surface area contributed by atoms with Gasteiger partial charge in [-0.05, 0) is 54.3 Å². The van der Waals surface area contributed by atoms with Crippen LogP contribution in [0.2, 0.25) is 5.02 Å². The van der Waals surface area contributed by atoms with Crippen molar-refractivity contribution in [2.45, 2.75) is 45.7 Å². The zero-order valence-corrected chi connectivity index (χ0v) is 24.2. The summed E-state index contributed by atoms with van der Waals surface area (Å²) in [6.45, 7) is 4.05. The Labute approximate surface area is 236 Å². The molecule has 0 heterocycles. The summed E-state index contributed by atoms with van der Waals surface area (Å²) in [5.74, 6) is -0.764. The van der Waals surface area contributed by atoms with Gasteiger partial charge in [0.25, 0.3) is 0 Å². The molecule has 7 nitrogen and oxygen atoms in total. The fourth-order valence-corrected chi connectivity index (χ4v) is 5.21. The Morgan fingerprint density at radius 2 is 1.64 bits per heavy atom. The first-order valence-corrected chi connectivity index (χ1v) is 15.2. The lowest BCUT2D eigenvalue weighted by Crippen LogP contribution is -2.53. The number of nitrogens with one attached hydrogen (secondary N) is 1. The second-order valence-electron chi connectivity index (χ2n) is 9.61. The number of rotatable bonds is 13. The molecule has 2 amide bonds. The predicted octanol–water partition coefficient (Wildman–Crippen LogP) is 4.97. The van der Waals surface area contributed by atoms with Gasteiger partial charge in [0.2, 0.25) is 21.8 Å². The summed E-state index contributed by atoms with van der Waals surface area (Å²) in [4.78, 5) is 29.0. The van der Waals surface area contributed by atoms with Crippen LogP contribution < -0.4 is 9.62 Å². The third-order valence-corrected chi connectivity index (χ3v) is 7.73. The van der Waals surface area contributed by atoms with E-state index >= 15 is 0 Å². The maximum atomic E-state index is 14.0. The van der Waals surface area contributed by atoms with Crippen LogP contribution >= 0.6 is 11.6 Å². The third kappa shape index (κ3) is 9.11. The highest BCUT2D eigenvalue weighted by Gasteiger charge is 2.33. The van der Waals surface area contributed by atoms with Crippen molar-refractivity contribution in [3.05, 3.63) is 101 Å². The summed E-state index contributed by atoms with van der Waals surface area (Å²) < 4.78 is 26.7. The number of carbonyl (C=O) groups excluding carboxylic acids is 2. The summed E-state index contributed by atoms with van der Waals surface area (Å²) in [7, 11) is -3.80. The van der Waals surface area contributed by atoms with Gasteiger partial charge in [-0.15, -0.1) is 0 Å². The first-order chi connectivity index (χ1) is 18.6. The van der Waals surface area contributed by atoms with Crippen LogP contribution in [-0.4, -0.2) is 50.5 Å². The maximum absolute atomic E-state index is 14.0. The van der Waals surface area contributed by atoms with E-state index in [1.807, 2.05) is 50.2 Å². The molecule has 0 spiro atoms. The van der Waals surface area contributed by atoms with Crippen LogP contribution in [0.1, 0.15) is 36.5 Å². The maximum Gasteiger partial charge on any atom is 0.244 e. The molecule has 0 aromatic heterocycles. The van der Waals surface area contributed by atoms with Crippen LogP contribution in [0, 0.1) is 6.92 Å². The third-order valence-electron chi connectivity index (χ3n) is 6.34. The van der Waals surface area contributed by atoms with Crippen molar-refractivity contribution in [1.82, 2.24) is 10.2 Å². The molecule has 0 saturated heterocycles. The Morgan fingerprint density at radius 1 is 0.949 bits per heavy atom. The minimum Gasteiger partial charge on any atom is -0.354 e. The number of carbonyl (C=O) groups is 2. The standard InChI is InChI=1S/C30H36ClN3O4S/c1-4-5-18-32-30(36)28(20-24-11-7-6-8-12-24)33(21-25-14-16-26(31)17-15-25)29(35)22-34(39(3,37)38)27-13-9-10-23(2)19-27/h6-17,19,28H,4-5,18,20-22H2,1-3H3,(H,32,36)/t28-/m0/s1. The van der Waals surface area contributed by atoms with Crippen molar-refractivity contribution in [3.8, 4) is 0 Å². The molecule has 39 heavy (non-hydrogen) atoms. The van der Waals surface area contributed by atoms with Gasteiger partial charge in [-0.1, -0.05) is 79.5 Å². The molecule has 1 N–H and O–H groups in total. The summed E-state index contributed by atoms with van der Waals surface area (Å²) in [5, 5.41) is 3.52. The number of aryl methyl sites for hydroxylation is 1. The number of hydrogen-bond acceptors (Lipinski definition) is 4. The van der Waals surface area contributed by atoms with Gasteiger partial charge in [-0.25, -0.2) is 8.42 Å². The number of nitrogens with zero attached hydrogens (tertiary/aromatic N) is 2. The number of halogens is 1. The monoisotopic (exact) mass is 569 g/mol. The van der Waals surface area contributed by atoms with Crippen molar-refractivity contribution in [1.29, 1.82) is 0 Å². The normalized spacial score (nSPS) is 12.0. The summed E-state index contributed by atoms with van der Waals surface area (Å²) in [6, 6.07) is 22.6. The Hall–Kier alpha value is -3.36. The van der Waals surface area contributed by atoms with Crippen molar-refractivity contribution in [3.63, 3.8) is 0 Å². The van der Waals surface area contributed by atoms with E-state index < -0.39 is 28.5 Å². The topological polar surface area (TPSA) is 86.8 Å². The van der Waals surface area contributed by atoms with Crippen molar-refractivity contribution in [2.75, 3.05) is 23.7 Å². The molecule has 3 aromatic carbocycles. The van der Waals surface area contributed by atoms with Crippen molar-refractivity contribution >= 4 is 39.1 Å². The smallest absolute Gasteiger partial charge is 0.244 e. The average molecular weight is 570 g/mol. The second kappa shape index (κ2) is 14.1. The van der Waals surface area contributed by atoms with Gasteiger partial charge in [-0.2, -0.15) is 0 Å². The Morgan fingerprint density at radius 3 is 2.26 bits per heavy atom. The molecule has 0 bridgehead atoms. The van der Waals surface area contributed by atoms with E-state index in [9.17, 15) is 18.0 Å². The van der Waals surface area contributed by atoms with Crippen LogP contribution in [0.15, 0.2) is 78.9 Å². The van der Waals surface area contributed by atoms with E-state index in [0.29, 0.717) is 17.3 Å². The molecule has 0 unspecified atom stereocenters. The van der Waals surface area contributed by atoms with Crippen LogP contribution in [-0.2, 0) is 32.6 Å². The summed E-state index contributed by atoms with van der Waals surface area (Å²) in [6.07, 6.45) is 3.08. The zero-order chi connectivity index (χ0) is 28.4. The fraction of sp³-hybridized carbons (Fsp3) is 0.333. The number of amides is 2. The van der Waals surface area contributed by atoms with Gasteiger partial charge >= 0.3 is 0 Å². The van der Waals surface area contributed by atoms with E-state index in [4.69, 9.17) is 11.6 Å². The van der Waals surface area contributed by atoms with Crippen LogP contribution in [0.4, 0.5) is 5.69 Å². The minimum absolute atomic E-state index is 0.111. The lowest BCUT2D eigenvalue weighted by Gasteiger charge is -2.33. The molecule has 0 aliphatic heterocycles. The van der Waals surface area contributed by atoms with Crippen molar-refractivity contribution < 1.29 is 18.0 Å². The lowest BCUT2D eigenvalue weighted by molar-refractivity contribution is -0.140. The number of anilines is 1. The molecule has 0 aliphatic rings. The molecule has 0 saturated carbocycles. The van der Waals surface area contributed by atoms with Gasteiger partial charge in [0.05, 0.1) is 11.9 Å². The quantitative estimate of drug-likeness (QED) is 0.294. The molecule has 9 heteroatoms. The lowest BCUT2D eigenvalue weighted by atomic mass is 10.0. The first kappa shape index (κ1) is 30.2. The number of unbranched alkanes of at least 4 members (excludes halogenated alkanes) is 1. The highest BCUT2D eigenvalue weighted by atomic mass is 35.5. The van der Waals surface area contributed by atoms with Gasteiger partial charge < -0.3 is 10.2 Å². The highest BCUT2D eigenvalue weighted by molar-refractivity contribution is 7.92. The molecule has 1 atom stereocenters. The van der Waals surface area contributed by atoms with Gasteiger partial charge in [0, 0.05) is 24.5 Å². The van der Waals surface area contributed by atoms with E-state index in [-0.39, 0.29) is 18.9 Å². The average Bonchev–Trinajstić information content (AvgIpc) is 2.90.